The molecule has 2 heterocycles. The largest absolute Gasteiger partial charge is 0.345 e. The highest BCUT2D eigenvalue weighted by Crippen LogP contribution is 2.29. The third kappa shape index (κ3) is 4.26. The number of hydrogen-bond donors (Lipinski definition) is 2. The summed E-state index contributed by atoms with van der Waals surface area (Å²) in [7, 11) is 3.32. The molecule has 1 aliphatic heterocycles. The maximum atomic E-state index is 13.2. The lowest BCUT2D eigenvalue weighted by Gasteiger charge is -2.36. The van der Waals surface area contributed by atoms with Gasteiger partial charge < -0.3 is 15.5 Å². The van der Waals surface area contributed by atoms with Gasteiger partial charge in [0.2, 0.25) is 0 Å². The summed E-state index contributed by atoms with van der Waals surface area (Å²) < 4.78 is 1.73. The summed E-state index contributed by atoms with van der Waals surface area (Å²) in [6.45, 7) is 1.47. The number of nitrogens with zero attached hydrogens (tertiary/aromatic N) is 3. The Morgan fingerprint density at radius 2 is 2.00 bits per heavy atom. The second-order valence-electron chi connectivity index (χ2n) is 6.58. The van der Waals surface area contributed by atoms with E-state index >= 15 is 0 Å². The fourth-order valence-corrected chi connectivity index (χ4v) is 3.38. The van der Waals surface area contributed by atoms with Gasteiger partial charge in [0.05, 0.1) is 10.6 Å². The topological polar surface area (TPSA) is 79.3 Å². The molecule has 0 atom stereocenters. The predicted molar refractivity (Wildman–Crippen MR) is 108 cm³/mol. The molecular weight excluding hydrogens is 389 g/mol. The van der Waals surface area contributed by atoms with Gasteiger partial charge >= 0.3 is 0 Å². The Hall–Kier alpha value is -2.09. The highest BCUT2D eigenvalue weighted by atomic mass is 35.5. The Kier molecular flexibility index (Phi) is 6.86. The van der Waals surface area contributed by atoms with Gasteiger partial charge in [-0.1, -0.05) is 11.6 Å². The SMILES string of the molecule is CN(C)C(=O)c1cc(NC(=O)C2(n3cccn3)CCNCC2)ccc1Cl.Cl. The second-order valence-corrected chi connectivity index (χ2v) is 6.99. The van der Waals surface area contributed by atoms with E-state index in [0.29, 0.717) is 29.1 Å². The molecule has 0 radical (unpaired) electrons. The van der Waals surface area contributed by atoms with Crippen LogP contribution >= 0.6 is 24.0 Å². The molecule has 0 bridgehead atoms. The van der Waals surface area contributed by atoms with E-state index in [1.165, 1.54) is 4.90 Å². The summed E-state index contributed by atoms with van der Waals surface area (Å²) in [5.41, 5.74) is 0.141. The van der Waals surface area contributed by atoms with Crippen molar-refractivity contribution in [3.8, 4) is 0 Å². The van der Waals surface area contributed by atoms with E-state index in [2.05, 4.69) is 15.7 Å². The van der Waals surface area contributed by atoms with Crippen LogP contribution < -0.4 is 10.6 Å². The van der Waals surface area contributed by atoms with Crippen LogP contribution in [0.2, 0.25) is 5.02 Å². The van der Waals surface area contributed by atoms with Gasteiger partial charge in [0.25, 0.3) is 11.8 Å². The van der Waals surface area contributed by atoms with Crippen molar-refractivity contribution >= 4 is 41.5 Å². The van der Waals surface area contributed by atoms with Gasteiger partial charge in [-0.3, -0.25) is 14.3 Å². The Balaban J connectivity index is 0.00000261. The molecule has 1 aliphatic rings. The number of carbonyl (C=O) groups is 2. The van der Waals surface area contributed by atoms with Crippen molar-refractivity contribution in [2.24, 2.45) is 0 Å². The van der Waals surface area contributed by atoms with E-state index in [4.69, 9.17) is 11.6 Å². The number of halogens is 2. The number of nitrogens with one attached hydrogen (secondary N) is 2. The minimum atomic E-state index is -0.750. The number of anilines is 1. The fourth-order valence-electron chi connectivity index (χ4n) is 3.18. The zero-order valence-corrected chi connectivity index (χ0v) is 16.8. The van der Waals surface area contributed by atoms with Crippen LogP contribution in [0.4, 0.5) is 5.69 Å². The lowest BCUT2D eigenvalue weighted by atomic mass is 9.87. The molecule has 1 aromatic carbocycles. The summed E-state index contributed by atoms with van der Waals surface area (Å²) in [6.07, 6.45) is 4.76. The molecule has 3 rings (SSSR count). The van der Waals surface area contributed by atoms with Crippen molar-refractivity contribution in [3.05, 3.63) is 47.2 Å². The van der Waals surface area contributed by atoms with Crippen LogP contribution in [0.15, 0.2) is 36.7 Å². The van der Waals surface area contributed by atoms with Crippen molar-refractivity contribution in [2.45, 2.75) is 18.4 Å². The Morgan fingerprint density at radius 1 is 1.30 bits per heavy atom. The molecule has 0 aliphatic carbocycles. The number of carbonyl (C=O) groups excluding carboxylic acids is 2. The van der Waals surface area contributed by atoms with Crippen LogP contribution in [-0.4, -0.2) is 53.7 Å². The molecule has 27 heavy (non-hydrogen) atoms. The van der Waals surface area contributed by atoms with Crippen molar-refractivity contribution in [3.63, 3.8) is 0 Å². The maximum Gasteiger partial charge on any atom is 0.254 e. The first-order valence-corrected chi connectivity index (χ1v) is 8.85. The number of hydrogen-bond acceptors (Lipinski definition) is 4. The van der Waals surface area contributed by atoms with Gasteiger partial charge in [-0.25, -0.2) is 0 Å². The van der Waals surface area contributed by atoms with E-state index in [-0.39, 0.29) is 24.2 Å². The zero-order chi connectivity index (χ0) is 18.7. The quantitative estimate of drug-likeness (QED) is 0.809. The minimum absolute atomic E-state index is 0. The molecule has 2 amide bonds. The maximum absolute atomic E-state index is 13.2. The van der Waals surface area contributed by atoms with E-state index in [9.17, 15) is 9.59 Å². The molecule has 0 saturated carbocycles. The highest BCUT2D eigenvalue weighted by molar-refractivity contribution is 6.34. The van der Waals surface area contributed by atoms with Crippen molar-refractivity contribution in [2.75, 3.05) is 32.5 Å². The molecule has 1 saturated heterocycles. The lowest BCUT2D eigenvalue weighted by molar-refractivity contribution is -0.126. The molecule has 7 nitrogen and oxygen atoms in total. The summed E-state index contributed by atoms with van der Waals surface area (Å²) >= 11 is 6.15. The van der Waals surface area contributed by atoms with Crippen LogP contribution in [0.25, 0.3) is 0 Å². The normalized spacial score (nSPS) is 15.5. The highest BCUT2D eigenvalue weighted by Gasteiger charge is 2.42. The first kappa shape index (κ1) is 21.2. The summed E-state index contributed by atoms with van der Waals surface area (Å²) in [6, 6.07) is 6.75. The molecule has 1 aromatic heterocycles. The molecule has 2 N–H and O–H groups in total. The molecule has 1 fully saturated rings. The molecular formula is C18H23Cl2N5O2. The van der Waals surface area contributed by atoms with Crippen LogP contribution in [0.3, 0.4) is 0 Å². The Labute approximate surface area is 169 Å². The van der Waals surface area contributed by atoms with Crippen LogP contribution in [-0.2, 0) is 10.3 Å². The fraction of sp³-hybridized carbons (Fsp3) is 0.389. The summed E-state index contributed by atoms with van der Waals surface area (Å²) in [5, 5.41) is 10.9. The molecule has 0 unspecified atom stereocenters. The standard InChI is InChI=1S/C18H22ClN5O2.ClH/c1-23(2)16(25)14-12-13(4-5-15(14)19)22-17(26)18(6-9-20-10-7-18)24-11-3-8-21-24;/h3-5,8,11-12,20H,6-7,9-10H2,1-2H3,(H,22,26);1H. The number of benzene rings is 1. The average molecular weight is 412 g/mol. The van der Waals surface area contributed by atoms with Gasteiger partial charge in [-0.15, -0.1) is 12.4 Å². The molecule has 0 spiro atoms. The summed E-state index contributed by atoms with van der Waals surface area (Å²) in [5.74, 6) is -0.358. The predicted octanol–water partition coefficient (Wildman–Crippen LogP) is 2.38. The van der Waals surface area contributed by atoms with Crippen LogP contribution in [0.5, 0.6) is 0 Å². The number of piperidine rings is 1. The van der Waals surface area contributed by atoms with E-state index < -0.39 is 5.54 Å². The molecule has 146 valence electrons. The third-order valence-corrected chi connectivity index (χ3v) is 4.99. The smallest absolute Gasteiger partial charge is 0.254 e. The van der Waals surface area contributed by atoms with Gasteiger partial charge in [0, 0.05) is 32.2 Å². The average Bonchev–Trinajstić information content (AvgIpc) is 3.18. The van der Waals surface area contributed by atoms with Gasteiger partial charge in [0.15, 0.2) is 0 Å². The first-order chi connectivity index (χ1) is 12.4. The number of aromatic nitrogens is 2. The van der Waals surface area contributed by atoms with Gasteiger partial charge in [-0.05, 0) is 50.2 Å². The Bertz CT molecular complexity index is 802. The van der Waals surface area contributed by atoms with Crippen molar-refractivity contribution in [1.29, 1.82) is 0 Å². The second kappa shape index (κ2) is 8.73. The van der Waals surface area contributed by atoms with E-state index in [1.54, 1.807) is 43.2 Å². The van der Waals surface area contributed by atoms with Crippen LogP contribution in [0, 0.1) is 0 Å². The van der Waals surface area contributed by atoms with Crippen molar-refractivity contribution < 1.29 is 9.59 Å². The van der Waals surface area contributed by atoms with E-state index in [0.717, 1.165) is 13.1 Å². The van der Waals surface area contributed by atoms with Gasteiger partial charge in [0.1, 0.15) is 5.54 Å². The minimum Gasteiger partial charge on any atom is -0.345 e. The van der Waals surface area contributed by atoms with Crippen LogP contribution in [0.1, 0.15) is 23.2 Å². The first-order valence-electron chi connectivity index (χ1n) is 8.47. The lowest BCUT2D eigenvalue weighted by Crippen LogP contribution is -2.52. The molecule has 9 heteroatoms. The third-order valence-electron chi connectivity index (χ3n) is 4.66. The number of rotatable bonds is 4. The number of amides is 2. The molecule has 2 aromatic rings. The van der Waals surface area contributed by atoms with Crippen molar-refractivity contribution in [1.82, 2.24) is 20.0 Å². The summed E-state index contributed by atoms with van der Waals surface area (Å²) in [4.78, 5) is 26.9. The monoisotopic (exact) mass is 411 g/mol. The van der Waals surface area contributed by atoms with E-state index in [1.807, 2.05) is 12.3 Å². The van der Waals surface area contributed by atoms with Gasteiger partial charge in [-0.2, -0.15) is 5.10 Å². The Morgan fingerprint density at radius 3 is 2.59 bits per heavy atom. The zero-order valence-electron chi connectivity index (χ0n) is 15.2.